The van der Waals surface area contributed by atoms with Gasteiger partial charge in [-0.3, -0.25) is 0 Å². The molecule has 2 heterocycles. The molecule has 0 spiro atoms. The Balaban J connectivity index is 2.19. The second-order valence-electron chi connectivity index (χ2n) is 5.88. The fourth-order valence-corrected chi connectivity index (χ4v) is 3.57. The van der Waals surface area contributed by atoms with Gasteiger partial charge in [-0.1, -0.05) is 29.6 Å². The molecular formula is C16H15Cl2F3N2O. The highest BCUT2D eigenvalue weighted by molar-refractivity contribution is 6.38. The first-order valence-corrected chi connectivity index (χ1v) is 8.31. The number of aliphatic hydroxyl groups is 1. The van der Waals surface area contributed by atoms with Crippen LogP contribution in [0.5, 0.6) is 0 Å². The zero-order valence-electron chi connectivity index (χ0n) is 12.5. The molecule has 130 valence electrons. The lowest BCUT2D eigenvalue weighted by molar-refractivity contribution is -0.141. The first kappa shape index (κ1) is 17.7. The quantitative estimate of drug-likeness (QED) is 0.793. The van der Waals surface area contributed by atoms with Gasteiger partial charge in [0.2, 0.25) is 0 Å². The highest BCUT2D eigenvalue weighted by atomic mass is 35.5. The largest absolute Gasteiger partial charge is 0.433 e. The topological polar surface area (TPSA) is 45.2 Å². The minimum absolute atomic E-state index is 0.0132. The van der Waals surface area contributed by atoms with Crippen molar-refractivity contribution in [2.24, 2.45) is 0 Å². The van der Waals surface area contributed by atoms with E-state index in [-0.39, 0.29) is 27.2 Å². The molecule has 0 unspecified atom stereocenters. The van der Waals surface area contributed by atoms with Crippen LogP contribution >= 0.6 is 23.2 Å². The minimum atomic E-state index is -4.63. The van der Waals surface area contributed by atoms with Gasteiger partial charge in [-0.2, -0.15) is 13.2 Å². The van der Waals surface area contributed by atoms with Gasteiger partial charge in [0.1, 0.15) is 5.69 Å². The molecule has 2 aromatic rings. The first-order chi connectivity index (χ1) is 11.3. The Bertz CT molecular complexity index is 761. The van der Waals surface area contributed by atoms with E-state index in [1.54, 1.807) is 0 Å². The maximum absolute atomic E-state index is 13.2. The van der Waals surface area contributed by atoms with Crippen LogP contribution in [0.25, 0.3) is 10.9 Å². The fraction of sp³-hybridized carbons (Fsp3) is 0.438. The van der Waals surface area contributed by atoms with Crippen molar-refractivity contribution >= 4 is 34.1 Å². The Morgan fingerprint density at radius 2 is 1.96 bits per heavy atom. The molecule has 8 heteroatoms. The van der Waals surface area contributed by atoms with Crippen molar-refractivity contribution in [1.82, 2.24) is 10.3 Å². The Hall–Kier alpha value is -1.08. The van der Waals surface area contributed by atoms with E-state index < -0.39 is 18.0 Å². The van der Waals surface area contributed by atoms with Crippen molar-refractivity contribution in [2.45, 2.75) is 37.6 Å². The van der Waals surface area contributed by atoms with E-state index >= 15 is 0 Å². The molecule has 2 N–H and O–H groups in total. The van der Waals surface area contributed by atoms with E-state index in [1.165, 1.54) is 12.1 Å². The highest BCUT2D eigenvalue weighted by Gasteiger charge is 2.35. The van der Waals surface area contributed by atoms with Gasteiger partial charge in [0, 0.05) is 16.5 Å². The lowest BCUT2D eigenvalue weighted by atomic mass is 9.92. The molecule has 1 fully saturated rings. The van der Waals surface area contributed by atoms with E-state index in [0.29, 0.717) is 11.8 Å². The maximum atomic E-state index is 13.2. The molecule has 1 aliphatic rings. The summed E-state index contributed by atoms with van der Waals surface area (Å²) in [5.41, 5.74) is -0.957. The lowest BCUT2D eigenvalue weighted by Crippen LogP contribution is -2.39. The molecule has 0 radical (unpaired) electrons. The highest BCUT2D eigenvalue weighted by Crippen LogP contribution is 2.38. The van der Waals surface area contributed by atoms with Crippen LogP contribution in [0.2, 0.25) is 10.0 Å². The van der Waals surface area contributed by atoms with Gasteiger partial charge in [0.25, 0.3) is 0 Å². The van der Waals surface area contributed by atoms with Crippen molar-refractivity contribution < 1.29 is 18.3 Å². The third-order valence-corrected chi connectivity index (χ3v) is 4.71. The van der Waals surface area contributed by atoms with Crippen molar-refractivity contribution in [3.63, 3.8) is 0 Å². The van der Waals surface area contributed by atoms with Crippen molar-refractivity contribution in [3.05, 3.63) is 39.5 Å². The molecule has 0 amide bonds. The lowest BCUT2D eigenvalue weighted by Gasteiger charge is -2.29. The van der Waals surface area contributed by atoms with Crippen LogP contribution < -0.4 is 5.32 Å². The predicted octanol–water partition coefficient (Wildman–Crippen LogP) is 4.74. The van der Waals surface area contributed by atoms with Crippen molar-refractivity contribution in [3.8, 4) is 0 Å². The average Bonchev–Trinajstić information content (AvgIpc) is 2.53. The van der Waals surface area contributed by atoms with Gasteiger partial charge in [-0.05, 0) is 43.1 Å². The third-order valence-electron chi connectivity index (χ3n) is 4.20. The van der Waals surface area contributed by atoms with Crippen molar-refractivity contribution in [1.29, 1.82) is 0 Å². The number of nitrogens with one attached hydrogen (secondary N) is 1. The Morgan fingerprint density at radius 1 is 1.21 bits per heavy atom. The third kappa shape index (κ3) is 3.47. The SMILES string of the molecule is O[C@@H](c1cc(C(F)(F)F)nc2c(Cl)cc(Cl)cc12)[C@H]1CCCCN1. The number of alkyl halides is 3. The smallest absolute Gasteiger partial charge is 0.387 e. The summed E-state index contributed by atoms with van der Waals surface area (Å²) < 4.78 is 39.6. The predicted molar refractivity (Wildman–Crippen MR) is 87.4 cm³/mol. The molecule has 3 rings (SSSR count). The standard InChI is InChI=1S/C16H15Cl2F3N2O/c17-8-5-9-10(15(24)12-3-1-2-4-22-12)7-13(16(19,20)21)23-14(9)11(18)6-8/h5-7,12,15,22,24H,1-4H2/t12-,15+/m1/s1. The summed E-state index contributed by atoms with van der Waals surface area (Å²) in [6.07, 6.45) is -3.17. The summed E-state index contributed by atoms with van der Waals surface area (Å²) in [6, 6.07) is 3.39. The molecule has 1 saturated heterocycles. The summed E-state index contributed by atoms with van der Waals surface area (Å²) in [6.45, 7) is 0.721. The number of piperidine rings is 1. The van der Waals surface area contributed by atoms with Gasteiger partial charge in [-0.15, -0.1) is 0 Å². The van der Waals surface area contributed by atoms with E-state index in [0.717, 1.165) is 25.5 Å². The van der Waals surface area contributed by atoms with Crippen LogP contribution in [0, 0.1) is 0 Å². The molecule has 2 atom stereocenters. The summed E-state index contributed by atoms with van der Waals surface area (Å²) in [5, 5.41) is 14.5. The van der Waals surface area contributed by atoms with E-state index in [2.05, 4.69) is 10.3 Å². The first-order valence-electron chi connectivity index (χ1n) is 7.55. The Morgan fingerprint density at radius 3 is 2.58 bits per heavy atom. The van der Waals surface area contributed by atoms with Crippen LogP contribution in [0.4, 0.5) is 13.2 Å². The zero-order valence-corrected chi connectivity index (χ0v) is 14.0. The number of pyridine rings is 1. The number of rotatable bonds is 2. The number of aliphatic hydroxyl groups excluding tert-OH is 1. The molecule has 3 nitrogen and oxygen atoms in total. The normalized spacial score (nSPS) is 20.3. The van der Waals surface area contributed by atoms with E-state index in [1.807, 2.05) is 0 Å². The van der Waals surface area contributed by atoms with Crippen molar-refractivity contribution in [2.75, 3.05) is 6.54 Å². The number of hydrogen-bond donors (Lipinski definition) is 2. The number of halogens is 5. The summed E-state index contributed by atoms with van der Waals surface area (Å²) >= 11 is 12.0. The van der Waals surface area contributed by atoms with E-state index in [4.69, 9.17) is 23.2 Å². The molecule has 24 heavy (non-hydrogen) atoms. The van der Waals surface area contributed by atoms with Gasteiger partial charge in [0.05, 0.1) is 16.6 Å². The van der Waals surface area contributed by atoms with Gasteiger partial charge >= 0.3 is 6.18 Å². The zero-order chi connectivity index (χ0) is 17.5. The molecule has 0 aliphatic carbocycles. The Kier molecular flexibility index (Phi) is 4.93. The van der Waals surface area contributed by atoms with Crippen LogP contribution in [-0.4, -0.2) is 22.7 Å². The van der Waals surface area contributed by atoms with Crippen LogP contribution in [0.15, 0.2) is 18.2 Å². The average molecular weight is 379 g/mol. The fourth-order valence-electron chi connectivity index (χ4n) is 3.03. The van der Waals surface area contributed by atoms with Gasteiger partial charge in [0.15, 0.2) is 0 Å². The maximum Gasteiger partial charge on any atom is 0.433 e. The monoisotopic (exact) mass is 378 g/mol. The second kappa shape index (κ2) is 6.67. The van der Waals surface area contributed by atoms with Gasteiger partial charge in [-0.25, -0.2) is 4.98 Å². The molecule has 1 aliphatic heterocycles. The number of fused-ring (bicyclic) bond motifs is 1. The Labute approximate surface area is 146 Å². The van der Waals surface area contributed by atoms with Crippen LogP contribution in [0.3, 0.4) is 0 Å². The molecule has 1 aromatic heterocycles. The summed E-state index contributed by atoms with van der Waals surface area (Å²) in [4.78, 5) is 3.63. The second-order valence-corrected chi connectivity index (χ2v) is 6.72. The van der Waals surface area contributed by atoms with Crippen LogP contribution in [-0.2, 0) is 6.18 Å². The molecule has 0 saturated carbocycles. The minimum Gasteiger partial charge on any atom is -0.387 e. The van der Waals surface area contributed by atoms with E-state index in [9.17, 15) is 18.3 Å². The molecule has 1 aromatic carbocycles. The summed E-state index contributed by atoms with van der Waals surface area (Å²) in [7, 11) is 0. The van der Waals surface area contributed by atoms with Crippen LogP contribution in [0.1, 0.15) is 36.6 Å². The number of nitrogens with zero attached hydrogens (tertiary/aromatic N) is 1. The number of aromatic nitrogens is 1. The number of benzene rings is 1. The summed E-state index contributed by atoms with van der Waals surface area (Å²) in [5.74, 6) is 0. The molecule has 0 bridgehead atoms. The van der Waals surface area contributed by atoms with Gasteiger partial charge < -0.3 is 10.4 Å². The molecular weight excluding hydrogens is 364 g/mol. The number of hydrogen-bond acceptors (Lipinski definition) is 3.